The van der Waals surface area contributed by atoms with Crippen molar-refractivity contribution in [2.45, 2.75) is 50.5 Å². The van der Waals surface area contributed by atoms with Gasteiger partial charge < -0.3 is 5.32 Å². The van der Waals surface area contributed by atoms with E-state index in [9.17, 15) is 0 Å². The predicted octanol–water partition coefficient (Wildman–Crippen LogP) is 4.79. The van der Waals surface area contributed by atoms with Gasteiger partial charge in [-0.05, 0) is 62.6 Å². The van der Waals surface area contributed by atoms with Crippen molar-refractivity contribution in [3.05, 3.63) is 46.0 Å². The average molecular weight is 320 g/mol. The molecule has 1 fully saturated rings. The monoisotopic (exact) mass is 319 g/mol. The molecule has 1 aromatic carbocycles. The SMILES string of the molecule is Brc1ccccc1C1CC(NCCC2=CCCC2)C1. The van der Waals surface area contributed by atoms with Crippen LogP contribution in [0.2, 0.25) is 0 Å². The molecule has 0 radical (unpaired) electrons. The summed E-state index contributed by atoms with van der Waals surface area (Å²) in [5, 5.41) is 3.71. The van der Waals surface area contributed by atoms with Crippen molar-refractivity contribution < 1.29 is 0 Å². The van der Waals surface area contributed by atoms with Gasteiger partial charge in [-0.1, -0.05) is 45.8 Å². The van der Waals surface area contributed by atoms with Gasteiger partial charge in [0, 0.05) is 10.5 Å². The van der Waals surface area contributed by atoms with E-state index in [4.69, 9.17) is 0 Å². The van der Waals surface area contributed by atoms with Crippen LogP contribution < -0.4 is 5.32 Å². The lowest BCUT2D eigenvalue weighted by Crippen LogP contribution is -2.40. The van der Waals surface area contributed by atoms with Gasteiger partial charge in [0.1, 0.15) is 0 Å². The van der Waals surface area contributed by atoms with E-state index in [0.29, 0.717) is 0 Å². The summed E-state index contributed by atoms with van der Waals surface area (Å²) in [6.45, 7) is 1.17. The van der Waals surface area contributed by atoms with E-state index < -0.39 is 0 Å². The van der Waals surface area contributed by atoms with Gasteiger partial charge in [0.05, 0.1) is 0 Å². The third kappa shape index (κ3) is 3.29. The maximum absolute atomic E-state index is 3.71. The lowest BCUT2D eigenvalue weighted by molar-refractivity contribution is 0.292. The van der Waals surface area contributed by atoms with E-state index in [0.717, 1.165) is 12.0 Å². The third-order valence-electron chi connectivity index (χ3n) is 4.50. The Morgan fingerprint density at radius 3 is 2.79 bits per heavy atom. The van der Waals surface area contributed by atoms with E-state index >= 15 is 0 Å². The van der Waals surface area contributed by atoms with Crippen molar-refractivity contribution in [2.75, 3.05) is 6.54 Å². The maximum Gasteiger partial charge on any atom is 0.0210 e. The first-order valence-electron chi connectivity index (χ1n) is 7.48. The summed E-state index contributed by atoms with van der Waals surface area (Å²) in [6.07, 6.45) is 10.3. The molecule has 0 bridgehead atoms. The Kier molecular flexibility index (Phi) is 4.39. The molecule has 0 amide bonds. The Labute approximate surface area is 124 Å². The van der Waals surface area contributed by atoms with E-state index in [1.807, 2.05) is 0 Å². The summed E-state index contributed by atoms with van der Waals surface area (Å²) in [5.41, 5.74) is 3.16. The second-order valence-corrected chi connectivity index (χ2v) is 6.70. The molecule has 3 rings (SSSR count). The minimum Gasteiger partial charge on any atom is -0.314 e. The normalized spacial score (nSPS) is 26.1. The first-order chi connectivity index (χ1) is 9.33. The van der Waals surface area contributed by atoms with Crippen molar-refractivity contribution in [2.24, 2.45) is 0 Å². The highest BCUT2D eigenvalue weighted by molar-refractivity contribution is 9.10. The number of halogens is 1. The molecule has 1 saturated carbocycles. The van der Waals surface area contributed by atoms with Crippen LogP contribution in [0.15, 0.2) is 40.4 Å². The van der Waals surface area contributed by atoms with Gasteiger partial charge in [-0.2, -0.15) is 0 Å². The molecule has 0 unspecified atom stereocenters. The van der Waals surface area contributed by atoms with Gasteiger partial charge in [0.15, 0.2) is 0 Å². The summed E-state index contributed by atoms with van der Waals surface area (Å²) >= 11 is 3.66. The molecule has 0 atom stereocenters. The number of nitrogens with one attached hydrogen (secondary N) is 1. The minimum absolute atomic E-state index is 0.735. The summed E-state index contributed by atoms with van der Waals surface area (Å²) in [7, 11) is 0. The van der Waals surface area contributed by atoms with Gasteiger partial charge in [0.25, 0.3) is 0 Å². The molecule has 2 aliphatic carbocycles. The Bertz CT molecular complexity index is 460. The van der Waals surface area contributed by atoms with Gasteiger partial charge in [-0.25, -0.2) is 0 Å². The number of benzene rings is 1. The molecular formula is C17H22BrN. The van der Waals surface area contributed by atoms with E-state index in [-0.39, 0.29) is 0 Å². The van der Waals surface area contributed by atoms with E-state index in [1.165, 1.54) is 55.1 Å². The standard InChI is InChI=1S/C17H22BrN/c18-17-8-4-3-7-16(17)14-11-15(12-14)19-10-9-13-5-1-2-6-13/h3-5,7-8,14-15,19H,1-2,6,9-12H2. The van der Waals surface area contributed by atoms with Gasteiger partial charge >= 0.3 is 0 Å². The van der Waals surface area contributed by atoms with Crippen molar-refractivity contribution in [1.29, 1.82) is 0 Å². The van der Waals surface area contributed by atoms with Gasteiger partial charge in [-0.3, -0.25) is 0 Å². The number of hydrogen-bond donors (Lipinski definition) is 1. The Balaban J connectivity index is 1.39. The zero-order chi connectivity index (χ0) is 13.1. The molecule has 1 aromatic rings. The highest BCUT2D eigenvalue weighted by Crippen LogP contribution is 2.39. The summed E-state index contributed by atoms with van der Waals surface area (Å²) in [6, 6.07) is 9.39. The molecule has 102 valence electrons. The molecule has 2 aliphatic rings. The fourth-order valence-electron chi connectivity index (χ4n) is 3.25. The Morgan fingerprint density at radius 2 is 2.05 bits per heavy atom. The number of allylic oxidation sites excluding steroid dienone is 1. The summed E-state index contributed by atoms with van der Waals surface area (Å²) in [5.74, 6) is 0.749. The van der Waals surface area contributed by atoms with Crippen LogP contribution in [0.3, 0.4) is 0 Å². The van der Waals surface area contributed by atoms with Crippen molar-refractivity contribution in [3.63, 3.8) is 0 Å². The van der Waals surface area contributed by atoms with Crippen LogP contribution in [0.5, 0.6) is 0 Å². The van der Waals surface area contributed by atoms with Crippen molar-refractivity contribution >= 4 is 15.9 Å². The molecule has 0 saturated heterocycles. The fourth-order valence-corrected chi connectivity index (χ4v) is 3.85. The second-order valence-electron chi connectivity index (χ2n) is 5.85. The van der Waals surface area contributed by atoms with E-state index in [2.05, 4.69) is 51.6 Å². The van der Waals surface area contributed by atoms with Crippen molar-refractivity contribution in [1.82, 2.24) is 5.32 Å². The smallest absolute Gasteiger partial charge is 0.0210 e. The van der Waals surface area contributed by atoms with Crippen LogP contribution >= 0.6 is 15.9 Å². The van der Waals surface area contributed by atoms with Crippen LogP contribution in [-0.2, 0) is 0 Å². The van der Waals surface area contributed by atoms with Crippen LogP contribution in [0, 0.1) is 0 Å². The number of hydrogen-bond acceptors (Lipinski definition) is 1. The lowest BCUT2D eigenvalue weighted by Gasteiger charge is -2.37. The predicted molar refractivity (Wildman–Crippen MR) is 84.5 cm³/mol. The van der Waals surface area contributed by atoms with Crippen LogP contribution in [0.1, 0.15) is 50.0 Å². The molecule has 2 heteroatoms. The Morgan fingerprint density at radius 1 is 1.21 bits per heavy atom. The maximum atomic E-state index is 3.71. The molecule has 1 nitrogen and oxygen atoms in total. The fraction of sp³-hybridized carbons (Fsp3) is 0.529. The molecule has 0 aromatic heterocycles. The molecule has 0 heterocycles. The molecule has 1 N–H and O–H groups in total. The molecule has 0 aliphatic heterocycles. The van der Waals surface area contributed by atoms with Crippen molar-refractivity contribution in [3.8, 4) is 0 Å². The average Bonchev–Trinajstić information content (AvgIpc) is 2.87. The first kappa shape index (κ1) is 13.4. The topological polar surface area (TPSA) is 12.0 Å². The number of rotatable bonds is 5. The quantitative estimate of drug-likeness (QED) is 0.770. The molecule has 0 spiro atoms. The van der Waals surface area contributed by atoms with E-state index in [1.54, 1.807) is 5.57 Å². The van der Waals surface area contributed by atoms with Gasteiger partial charge in [0.2, 0.25) is 0 Å². The molecular weight excluding hydrogens is 298 g/mol. The van der Waals surface area contributed by atoms with Crippen LogP contribution in [0.25, 0.3) is 0 Å². The third-order valence-corrected chi connectivity index (χ3v) is 5.22. The highest BCUT2D eigenvalue weighted by Gasteiger charge is 2.30. The molecule has 19 heavy (non-hydrogen) atoms. The Hall–Kier alpha value is -0.600. The first-order valence-corrected chi connectivity index (χ1v) is 8.28. The summed E-state index contributed by atoms with van der Waals surface area (Å²) in [4.78, 5) is 0. The lowest BCUT2D eigenvalue weighted by atomic mass is 9.76. The summed E-state index contributed by atoms with van der Waals surface area (Å²) < 4.78 is 1.27. The zero-order valence-corrected chi connectivity index (χ0v) is 13.0. The largest absolute Gasteiger partial charge is 0.314 e. The van der Waals surface area contributed by atoms with Crippen LogP contribution in [-0.4, -0.2) is 12.6 Å². The highest BCUT2D eigenvalue weighted by atomic mass is 79.9. The minimum atomic E-state index is 0.735. The zero-order valence-electron chi connectivity index (χ0n) is 11.4. The van der Waals surface area contributed by atoms with Crippen LogP contribution in [0.4, 0.5) is 0 Å². The van der Waals surface area contributed by atoms with Gasteiger partial charge in [-0.15, -0.1) is 0 Å². The second kappa shape index (κ2) is 6.23.